The van der Waals surface area contributed by atoms with Crippen molar-refractivity contribution >= 4 is 10.0 Å². The molecule has 0 saturated heterocycles. The van der Waals surface area contributed by atoms with E-state index in [1.807, 2.05) is 6.07 Å². The number of sulfonamides is 1. The Morgan fingerprint density at radius 3 is 2.70 bits per heavy atom. The van der Waals surface area contributed by atoms with Gasteiger partial charge in [-0.2, -0.15) is 0 Å². The second-order valence-corrected chi connectivity index (χ2v) is 7.80. The van der Waals surface area contributed by atoms with Crippen LogP contribution in [0, 0.1) is 13.8 Å². The van der Waals surface area contributed by atoms with Crippen LogP contribution in [0.15, 0.2) is 33.7 Å². The zero-order chi connectivity index (χ0) is 16.6. The van der Waals surface area contributed by atoms with E-state index in [0.717, 1.165) is 12.8 Å². The molecule has 2 atom stereocenters. The molecule has 2 aromatic rings. The molecule has 7 heteroatoms. The SMILES string of the molecule is Cc1ncc(-c2ccc(C)c(S(=O)(=O)N[C@@H]3CC[C@@H](N)C3)c2)o1. The van der Waals surface area contributed by atoms with Crippen molar-refractivity contribution in [2.75, 3.05) is 0 Å². The lowest BCUT2D eigenvalue weighted by atomic mass is 10.1. The van der Waals surface area contributed by atoms with Gasteiger partial charge in [0, 0.05) is 24.6 Å². The summed E-state index contributed by atoms with van der Waals surface area (Å²) in [6, 6.07) is 5.23. The lowest BCUT2D eigenvalue weighted by Gasteiger charge is -2.15. The maximum Gasteiger partial charge on any atom is 0.241 e. The molecule has 1 aliphatic rings. The highest BCUT2D eigenvalue weighted by molar-refractivity contribution is 7.89. The highest BCUT2D eigenvalue weighted by Gasteiger charge is 2.28. The average molecular weight is 335 g/mol. The lowest BCUT2D eigenvalue weighted by molar-refractivity contribution is 0.534. The Morgan fingerprint density at radius 2 is 2.09 bits per heavy atom. The molecule has 3 rings (SSSR count). The van der Waals surface area contributed by atoms with Gasteiger partial charge >= 0.3 is 0 Å². The fourth-order valence-corrected chi connectivity index (χ4v) is 4.50. The third-order valence-electron chi connectivity index (χ3n) is 4.18. The van der Waals surface area contributed by atoms with Gasteiger partial charge in [0.25, 0.3) is 0 Å². The normalized spacial score (nSPS) is 21.7. The molecule has 1 saturated carbocycles. The van der Waals surface area contributed by atoms with Gasteiger partial charge in [-0.3, -0.25) is 0 Å². The molecule has 1 aliphatic carbocycles. The van der Waals surface area contributed by atoms with Crippen molar-refractivity contribution in [3.05, 3.63) is 35.9 Å². The first kappa shape index (κ1) is 16.2. The largest absolute Gasteiger partial charge is 0.441 e. The first-order valence-electron chi connectivity index (χ1n) is 7.66. The lowest BCUT2D eigenvalue weighted by Crippen LogP contribution is -2.34. The molecule has 0 aliphatic heterocycles. The summed E-state index contributed by atoms with van der Waals surface area (Å²) in [4.78, 5) is 4.32. The van der Waals surface area contributed by atoms with Crippen molar-refractivity contribution < 1.29 is 12.8 Å². The molecule has 23 heavy (non-hydrogen) atoms. The van der Waals surface area contributed by atoms with Gasteiger partial charge in [-0.15, -0.1) is 0 Å². The molecule has 1 aromatic carbocycles. The zero-order valence-corrected chi connectivity index (χ0v) is 14.1. The predicted octanol–water partition coefficient (Wildman–Crippen LogP) is 2.12. The van der Waals surface area contributed by atoms with Crippen LogP contribution in [-0.4, -0.2) is 25.5 Å². The monoisotopic (exact) mass is 335 g/mol. The van der Waals surface area contributed by atoms with E-state index < -0.39 is 10.0 Å². The van der Waals surface area contributed by atoms with Crippen LogP contribution in [0.3, 0.4) is 0 Å². The van der Waals surface area contributed by atoms with Gasteiger partial charge in [-0.05, 0) is 37.8 Å². The van der Waals surface area contributed by atoms with E-state index in [0.29, 0.717) is 29.2 Å². The standard InChI is InChI=1S/C16H21N3O3S/c1-10-3-4-12(15-9-18-11(2)22-15)7-16(10)23(20,21)19-14-6-5-13(17)8-14/h3-4,7,9,13-14,19H,5-6,8,17H2,1-2H3/t13-,14-/m1/s1. The number of aryl methyl sites for hydroxylation is 2. The van der Waals surface area contributed by atoms with Gasteiger partial charge in [-0.25, -0.2) is 18.1 Å². The van der Waals surface area contributed by atoms with E-state index in [4.69, 9.17) is 10.2 Å². The number of nitrogens with zero attached hydrogens (tertiary/aromatic N) is 1. The first-order chi connectivity index (χ1) is 10.8. The number of aromatic nitrogens is 1. The van der Waals surface area contributed by atoms with E-state index >= 15 is 0 Å². The van der Waals surface area contributed by atoms with Gasteiger partial charge in [-0.1, -0.05) is 12.1 Å². The number of nitrogens with two attached hydrogens (primary N) is 1. The maximum atomic E-state index is 12.7. The summed E-state index contributed by atoms with van der Waals surface area (Å²) in [6.07, 6.45) is 3.91. The summed E-state index contributed by atoms with van der Waals surface area (Å²) in [5.41, 5.74) is 7.25. The van der Waals surface area contributed by atoms with Crippen LogP contribution in [0.25, 0.3) is 11.3 Å². The average Bonchev–Trinajstić information content (AvgIpc) is 3.07. The molecule has 1 heterocycles. The quantitative estimate of drug-likeness (QED) is 0.892. The number of benzene rings is 1. The van der Waals surface area contributed by atoms with E-state index in [9.17, 15) is 8.42 Å². The fourth-order valence-electron chi connectivity index (χ4n) is 2.94. The predicted molar refractivity (Wildman–Crippen MR) is 87.3 cm³/mol. The molecule has 1 fully saturated rings. The number of nitrogens with one attached hydrogen (secondary N) is 1. The molecule has 6 nitrogen and oxygen atoms in total. The van der Waals surface area contributed by atoms with Crippen molar-refractivity contribution in [2.24, 2.45) is 5.73 Å². The third kappa shape index (κ3) is 3.46. The van der Waals surface area contributed by atoms with Gasteiger partial charge < -0.3 is 10.2 Å². The van der Waals surface area contributed by atoms with Crippen LogP contribution in [-0.2, 0) is 10.0 Å². The number of hydrogen-bond acceptors (Lipinski definition) is 5. The van der Waals surface area contributed by atoms with Crippen molar-refractivity contribution in [1.29, 1.82) is 0 Å². The second-order valence-electron chi connectivity index (χ2n) is 6.12. The van der Waals surface area contributed by atoms with E-state index in [1.165, 1.54) is 0 Å². The topological polar surface area (TPSA) is 98.2 Å². The van der Waals surface area contributed by atoms with Crippen LogP contribution in [0.1, 0.15) is 30.7 Å². The van der Waals surface area contributed by atoms with Gasteiger partial charge in [0.15, 0.2) is 11.7 Å². The molecule has 0 spiro atoms. The Hall–Kier alpha value is -1.70. The highest BCUT2D eigenvalue weighted by atomic mass is 32.2. The van der Waals surface area contributed by atoms with Crippen LogP contribution in [0.2, 0.25) is 0 Å². The summed E-state index contributed by atoms with van der Waals surface area (Å²) in [5, 5.41) is 0. The second kappa shape index (κ2) is 6.07. The molecular weight excluding hydrogens is 314 g/mol. The Balaban J connectivity index is 1.91. The minimum atomic E-state index is -3.59. The minimum absolute atomic E-state index is 0.0762. The minimum Gasteiger partial charge on any atom is -0.441 e. The molecule has 0 amide bonds. The molecule has 0 bridgehead atoms. The summed E-state index contributed by atoms with van der Waals surface area (Å²) in [5.74, 6) is 1.10. The van der Waals surface area contributed by atoms with Crippen LogP contribution in [0.4, 0.5) is 0 Å². The summed E-state index contributed by atoms with van der Waals surface area (Å²) < 4.78 is 33.7. The molecule has 3 N–H and O–H groups in total. The smallest absolute Gasteiger partial charge is 0.241 e. The molecule has 1 aromatic heterocycles. The van der Waals surface area contributed by atoms with Gasteiger partial charge in [0.1, 0.15) is 0 Å². The van der Waals surface area contributed by atoms with Crippen LogP contribution < -0.4 is 10.5 Å². The first-order valence-corrected chi connectivity index (χ1v) is 9.15. The zero-order valence-electron chi connectivity index (χ0n) is 13.2. The number of rotatable bonds is 4. The molecule has 0 radical (unpaired) electrons. The molecule has 124 valence electrons. The molecule has 0 unspecified atom stereocenters. The Kier molecular flexibility index (Phi) is 4.27. The third-order valence-corrected chi connectivity index (χ3v) is 5.84. The Labute approximate surface area is 136 Å². The van der Waals surface area contributed by atoms with Crippen LogP contribution >= 0.6 is 0 Å². The molecular formula is C16H21N3O3S. The Morgan fingerprint density at radius 1 is 1.30 bits per heavy atom. The van der Waals surface area contributed by atoms with E-state index in [2.05, 4.69) is 9.71 Å². The summed E-state index contributed by atoms with van der Waals surface area (Å²) in [7, 11) is -3.59. The van der Waals surface area contributed by atoms with Crippen LogP contribution in [0.5, 0.6) is 0 Å². The summed E-state index contributed by atoms with van der Waals surface area (Å²) in [6.45, 7) is 3.53. The van der Waals surface area contributed by atoms with Crippen molar-refractivity contribution in [3.63, 3.8) is 0 Å². The Bertz CT molecular complexity index is 814. The van der Waals surface area contributed by atoms with Crippen molar-refractivity contribution in [3.8, 4) is 11.3 Å². The fraction of sp³-hybridized carbons (Fsp3) is 0.438. The van der Waals surface area contributed by atoms with Gasteiger partial charge in [0.05, 0.1) is 11.1 Å². The number of oxazole rings is 1. The maximum absolute atomic E-state index is 12.7. The summed E-state index contributed by atoms with van der Waals surface area (Å²) >= 11 is 0. The van der Waals surface area contributed by atoms with E-state index in [1.54, 1.807) is 32.2 Å². The highest BCUT2D eigenvalue weighted by Crippen LogP contribution is 2.27. The number of hydrogen-bond donors (Lipinski definition) is 2. The van der Waals surface area contributed by atoms with Gasteiger partial charge in [0.2, 0.25) is 10.0 Å². The van der Waals surface area contributed by atoms with E-state index in [-0.39, 0.29) is 17.0 Å². The van der Waals surface area contributed by atoms with Crippen molar-refractivity contribution in [2.45, 2.75) is 50.1 Å². The van der Waals surface area contributed by atoms with Crippen molar-refractivity contribution in [1.82, 2.24) is 9.71 Å².